The zero-order valence-corrected chi connectivity index (χ0v) is 22.9. The topological polar surface area (TPSA) is 39.3 Å². The number of fused-ring (bicyclic) bond motifs is 8. The van der Waals surface area contributed by atoms with Crippen LogP contribution < -0.4 is 26.3 Å². The quantitative estimate of drug-likeness (QED) is 0.445. The predicted octanol–water partition coefficient (Wildman–Crippen LogP) is 4.28. The highest BCUT2D eigenvalue weighted by atomic mass is 15.2. The van der Waals surface area contributed by atoms with Gasteiger partial charge in [-0.15, -0.1) is 0 Å². The number of benzene rings is 3. The molecular formula is C34H41BN4. The molecule has 0 aromatic heterocycles. The molecule has 0 aliphatic carbocycles. The lowest BCUT2D eigenvalue weighted by atomic mass is 9.22. The molecule has 39 heavy (non-hydrogen) atoms. The van der Waals surface area contributed by atoms with E-state index in [4.69, 9.17) is 0 Å². The minimum Gasteiger partial charge on any atom is -0.338 e. The molecule has 3 N–H and O–H groups in total. The molecule has 5 heteroatoms. The molecule has 1 spiro atoms. The number of nitrogens with zero attached hydrogens (tertiary/aromatic N) is 1. The summed E-state index contributed by atoms with van der Waals surface area (Å²) in [5, 5.41) is 12.3. The summed E-state index contributed by atoms with van der Waals surface area (Å²) in [6.07, 6.45) is 6.42. The zero-order valence-electron chi connectivity index (χ0n) is 22.9. The van der Waals surface area contributed by atoms with Gasteiger partial charge in [-0.2, -0.15) is 0 Å². The number of piperidine rings is 3. The van der Waals surface area contributed by atoms with Gasteiger partial charge >= 0.3 is 0 Å². The van der Waals surface area contributed by atoms with E-state index in [1.165, 1.54) is 48.9 Å². The SMILES string of the molecule is c1ccc(B2C3NCCCC3C3(c4ccccc4N(c4ccccc4)C4CCNCC43)C3CCCNC23)cc1. The van der Waals surface area contributed by atoms with Crippen molar-refractivity contribution >= 4 is 23.6 Å². The number of nitrogens with one attached hydrogen (secondary N) is 3. The average Bonchev–Trinajstić information content (AvgIpc) is 3.02. The van der Waals surface area contributed by atoms with Gasteiger partial charge in [0.2, 0.25) is 6.71 Å². The zero-order chi connectivity index (χ0) is 25.8. The second-order valence-electron chi connectivity index (χ2n) is 12.7. The molecule has 3 aromatic rings. The number of hydrogen-bond donors (Lipinski definition) is 3. The van der Waals surface area contributed by atoms with E-state index in [2.05, 4.69) is 106 Å². The summed E-state index contributed by atoms with van der Waals surface area (Å²) < 4.78 is 0. The summed E-state index contributed by atoms with van der Waals surface area (Å²) in [6, 6.07) is 32.9. The van der Waals surface area contributed by atoms with Crippen LogP contribution in [0.5, 0.6) is 0 Å². The number of anilines is 2. The molecule has 6 unspecified atom stereocenters. The van der Waals surface area contributed by atoms with Crippen molar-refractivity contribution in [3.8, 4) is 0 Å². The Bertz CT molecular complexity index is 1270. The Hall–Kier alpha value is -2.60. The van der Waals surface area contributed by atoms with E-state index in [1.807, 2.05) is 0 Å². The predicted molar refractivity (Wildman–Crippen MR) is 162 cm³/mol. The van der Waals surface area contributed by atoms with Crippen LogP contribution in [0, 0.1) is 17.8 Å². The van der Waals surface area contributed by atoms with Gasteiger partial charge in [0.15, 0.2) is 0 Å². The van der Waals surface area contributed by atoms with Crippen molar-refractivity contribution in [2.24, 2.45) is 17.8 Å². The van der Waals surface area contributed by atoms with E-state index in [0.29, 0.717) is 42.4 Å². The second kappa shape index (κ2) is 9.80. The Balaban J connectivity index is 1.38. The first kappa shape index (κ1) is 24.2. The molecule has 0 amide bonds. The third-order valence-corrected chi connectivity index (χ3v) is 11.3. The van der Waals surface area contributed by atoms with Crippen molar-refractivity contribution in [3.63, 3.8) is 0 Å². The van der Waals surface area contributed by atoms with Crippen LogP contribution in [-0.2, 0) is 5.41 Å². The van der Waals surface area contributed by atoms with Crippen LogP contribution in [0.15, 0.2) is 84.9 Å². The second-order valence-corrected chi connectivity index (χ2v) is 12.7. The highest BCUT2D eigenvalue weighted by molar-refractivity contribution is 6.76. The maximum Gasteiger partial charge on any atom is 0.213 e. The Morgan fingerprint density at radius 1 is 0.667 bits per heavy atom. The van der Waals surface area contributed by atoms with E-state index in [0.717, 1.165) is 26.2 Å². The summed E-state index contributed by atoms with van der Waals surface area (Å²) in [4.78, 5) is 2.74. The van der Waals surface area contributed by atoms with Crippen molar-refractivity contribution in [2.75, 3.05) is 31.1 Å². The van der Waals surface area contributed by atoms with Crippen molar-refractivity contribution in [3.05, 3.63) is 90.5 Å². The van der Waals surface area contributed by atoms with Crippen LogP contribution in [0.25, 0.3) is 0 Å². The summed E-state index contributed by atoms with van der Waals surface area (Å²) >= 11 is 0. The molecule has 6 atom stereocenters. The molecule has 5 aliphatic rings. The lowest BCUT2D eigenvalue weighted by Crippen LogP contribution is -2.80. The van der Waals surface area contributed by atoms with Crippen LogP contribution >= 0.6 is 0 Å². The van der Waals surface area contributed by atoms with Crippen molar-refractivity contribution in [1.29, 1.82) is 0 Å². The Labute approximate surface area is 234 Å². The normalized spacial score (nSPS) is 35.5. The Morgan fingerprint density at radius 3 is 2.03 bits per heavy atom. The maximum atomic E-state index is 4.17. The van der Waals surface area contributed by atoms with Crippen molar-refractivity contribution in [1.82, 2.24) is 16.0 Å². The summed E-state index contributed by atoms with van der Waals surface area (Å²) in [5.74, 6) is 2.82. The molecule has 5 aliphatic heterocycles. The summed E-state index contributed by atoms with van der Waals surface area (Å²) in [7, 11) is 0. The van der Waals surface area contributed by atoms with Gasteiger partial charge in [0.1, 0.15) is 0 Å². The van der Waals surface area contributed by atoms with Gasteiger partial charge in [-0.25, -0.2) is 0 Å². The van der Waals surface area contributed by atoms with Gasteiger partial charge in [0.05, 0.1) is 0 Å². The fourth-order valence-corrected chi connectivity index (χ4v) is 10.2. The van der Waals surface area contributed by atoms with E-state index in [9.17, 15) is 0 Å². The minimum atomic E-state index is 0.154. The van der Waals surface area contributed by atoms with Gasteiger partial charge in [0.25, 0.3) is 0 Å². The van der Waals surface area contributed by atoms with Crippen LogP contribution in [0.3, 0.4) is 0 Å². The van der Waals surface area contributed by atoms with Crippen LogP contribution in [0.4, 0.5) is 11.4 Å². The largest absolute Gasteiger partial charge is 0.338 e. The first-order valence-electron chi connectivity index (χ1n) is 15.6. The van der Waals surface area contributed by atoms with E-state index in [-0.39, 0.29) is 5.41 Å². The number of hydrogen-bond acceptors (Lipinski definition) is 4. The number of para-hydroxylation sites is 2. The highest BCUT2D eigenvalue weighted by Gasteiger charge is 2.67. The van der Waals surface area contributed by atoms with Crippen LogP contribution in [0.1, 0.15) is 37.7 Å². The summed E-state index contributed by atoms with van der Waals surface area (Å²) in [6.45, 7) is 5.02. The van der Waals surface area contributed by atoms with Gasteiger partial charge in [-0.1, -0.05) is 72.2 Å². The molecule has 4 nitrogen and oxygen atoms in total. The molecule has 0 bridgehead atoms. The molecule has 200 valence electrons. The van der Waals surface area contributed by atoms with Gasteiger partial charge in [0, 0.05) is 35.3 Å². The number of rotatable bonds is 2. The Kier molecular flexibility index (Phi) is 6.08. The molecule has 0 saturated carbocycles. The molecule has 3 aromatic carbocycles. The molecule has 5 heterocycles. The molecule has 4 fully saturated rings. The third kappa shape index (κ3) is 3.56. The van der Waals surface area contributed by atoms with E-state index >= 15 is 0 Å². The standard InChI is InChI=1S/C34H41BN4/c1-3-11-24(12-4-1)35-32-27(16-9-20-37-32)34(28-17-10-21-38-33(28)35)26-15-7-8-18-30(26)39(25-13-5-2-6-14-25)31-19-22-36-23-29(31)34/h1-8,11-15,18,27-29,31-33,36-38H,9-10,16-17,19-23H2. The van der Waals surface area contributed by atoms with Gasteiger partial charge in [-0.3, -0.25) is 0 Å². The van der Waals surface area contributed by atoms with Gasteiger partial charge in [-0.05, 0) is 99.2 Å². The first-order valence-corrected chi connectivity index (χ1v) is 15.6. The molecular weight excluding hydrogens is 475 g/mol. The third-order valence-electron chi connectivity index (χ3n) is 11.3. The van der Waals surface area contributed by atoms with E-state index in [1.54, 1.807) is 5.56 Å². The van der Waals surface area contributed by atoms with Crippen LogP contribution in [0.2, 0.25) is 0 Å². The minimum absolute atomic E-state index is 0.154. The highest BCUT2D eigenvalue weighted by Crippen LogP contribution is 2.63. The average molecular weight is 517 g/mol. The van der Waals surface area contributed by atoms with Gasteiger partial charge < -0.3 is 20.9 Å². The molecule has 0 radical (unpaired) electrons. The fourth-order valence-electron chi connectivity index (χ4n) is 10.2. The summed E-state index contributed by atoms with van der Waals surface area (Å²) in [5.41, 5.74) is 6.13. The Morgan fingerprint density at radius 2 is 1.31 bits per heavy atom. The smallest absolute Gasteiger partial charge is 0.213 e. The first-order chi connectivity index (χ1) is 19.4. The lowest BCUT2D eigenvalue weighted by Gasteiger charge is -2.68. The molecule has 8 rings (SSSR count). The van der Waals surface area contributed by atoms with Crippen molar-refractivity contribution in [2.45, 2.75) is 55.4 Å². The monoisotopic (exact) mass is 516 g/mol. The molecule has 4 saturated heterocycles. The van der Waals surface area contributed by atoms with E-state index < -0.39 is 0 Å². The van der Waals surface area contributed by atoms with Crippen molar-refractivity contribution < 1.29 is 0 Å². The van der Waals surface area contributed by atoms with Crippen LogP contribution in [-0.4, -0.2) is 50.8 Å². The fraction of sp³-hybridized carbons (Fsp3) is 0.471. The maximum absolute atomic E-state index is 4.17. The lowest BCUT2D eigenvalue weighted by molar-refractivity contribution is -0.00148.